The molecule has 2 fully saturated rings. The molecule has 3 aliphatic heterocycles. The molecule has 1 unspecified atom stereocenters. The van der Waals surface area contributed by atoms with Crippen LogP contribution in [0.2, 0.25) is 41.3 Å². The van der Waals surface area contributed by atoms with E-state index in [1.807, 2.05) is 99.9 Å². The largest absolute Gasteiger partial charge is 0.495 e. The van der Waals surface area contributed by atoms with Gasteiger partial charge in [0.2, 0.25) is 29.5 Å². The number of nitrogens with one attached hydrogen (secondary N) is 4. The number of halogens is 1. The summed E-state index contributed by atoms with van der Waals surface area (Å²) in [5.41, 5.74) is 4.84. The average Bonchev–Trinajstić information content (AvgIpc) is 1.57. The third kappa shape index (κ3) is 20.0. The molecule has 5 aromatic rings. The second-order valence-corrected chi connectivity index (χ2v) is 42.2. The predicted octanol–water partition coefficient (Wildman–Crippen LogP) is 10.5. The lowest BCUT2D eigenvalue weighted by Gasteiger charge is -2.42. The molecular weight excluding hydrogens is 1470 g/mol. The van der Waals surface area contributed by atoms with Gasteiger partial charge >= 0.3 is 18.2 Å². The van der Waals surface area contributed by atoms with Crippen LogP contribution in [0.1, 0.15) is 122 Å². The monoisotopic (exact) mass is 1590 g/mol. The summed E-state index contributed by atoms with van der Waals surface area (Å²) >= 11 is 6.91. The molecule has 1 aliphatic carbocycles. The number of hydrogen-bond acceptors (Lipinski definition) is 18. The Bertz CT molecular complexity index is 4280. The van der Waals surface area contributed by atoms with Crippen LogP contribution in [-0.2, 0) is 72.0 Å². The quantitative estimate of drug-likeness (QED) is 0.00611. The Balaban J connectivity index is 0.844. The van der Waals surface area contributed by atoms with E-state index in [4.69, 9.17) is 40.0 Å². The molecular formula is C82H114ClN9O17Si2. The topological polar surface area (TPSA) is 322 Å². The van der Waals surface area contributed by atoms with E-state index in [9.17, 15) is 48.3 Å². The molecule has 1 aromatic heterocycles. The van der Waals surface area contributed by atoms with Crippen LogP contribution in [0.4, 0.5) is 15.3 Å². The molecule has 4 bridgehead atoms. The van der Waals surface area contributed by atoms with Crippen molar-refractivity contribution in [2.45, 2.75) is 197 Å². The Morgan fingerprint density at radius 2 is 1.41 bits per heavy atom. The van der Waals surface area contributed by atoms with Crippen molar-refractivity contribution in [1.29, 1.82) is 0 Å². The zero-order chi connectivity index (χ0) is 81.6. The molecule has 111 heavy (non-hydrogen) atoms. The lowest BCUT2D eigenvalue weighted by Crippen LogP contribution is -2.63. The van der Waals surface area contributed by atoms with Crippen molar-refractivity contribution in [3.63, 3.8) is 0 Å². The second-order valence-electron chi connectivity index (χ2n) is 32.8. The van der Waals surface area contributed by atoms with Crippen molar-refractivity contribution in [1.82, 2.24) is 40.8 Å². The number of para-hydroxylation sites is 1. The van der Waals surface area contributed by atoms with E-state index in [-0.39, 0.29) is 81.7 Å². The molecule has 7 amide bonds. The van der Waals surface area contributed by atoms with Crippen LogP contribution < -0.4 is 30.9 Å². The van der Waals surface area contributed by atoms with Gasteiger partial charge in [-0.15, -0.1) is 0 Å². The first-order valence-electron chi connectivity index (χ1n) is 38.0. The summed E-state index contributed by atoms with van der Waals surface area (Å²) in [6.07, 6.45) is -0.701. The fourth-order valence-corrected chi connectivity index (χ4v) is 16.7. The summed E-state index contributed by atoms with van der Waals surface area (Å²) in [4.78, 5) is 140. The van der Waals surface area contributed by atoms with Gasteiger partial charge in [0.1, 0.15) is 47.3 Å². The van der Waals surface area contributed by atoms with Crippen LogP contribution in [-0.4, -0.2) is 209 Å². The van der Waals surface area contributed by atoms with Crippen molar-refractivity contribution in [3.8, 4) is 16.9 Å². The summed E-state index contributed by atoms with van der Waals surface area (Å²) in [6.45, 7) is 21.8. The number of nitrogens with zero attached hydrogens (tertiary/aromatic N) is 5. The lowest BCUT2D eigenvalue weighted by atomic mass is 9.78. The van der Waals surface area contributed by atoms with Gasteiger partial charge in [0, 0.05) is 116 Å². The van der Waals surface area contributed by atoms with E-state index in [0.29, 0.717) is 24.4 Å². The van der Waals surface area contributed by atoms with E-state index in [0.717, 1.165) is 54.9 Å². The number of fused-ring (bicyclic) bond motifs is 9. The Kier molecular flexibility index (Phi) is 27.5. The first kappa shape index (κ1) is 86.5. The van der Waals surface area contributed by atoms with Gasteiger partial charge in [0.25, 0.3) is 0 Å². The number of aryl methyl sites for hydroxylation is 1. The molecule has 7 N–H and O–H groups in total. The zero-order valence-electron chi connectivity index (χ0n) is 67.5. The number of epoxide rings is 1. The summed E-state index contributed by atoms with van der Waals surface area (Å²) in [7, 11) is 3.09. The molecule has 9 rings (SSSR count). The van der Waals surface area contributed by atoms with E-state index >= 15 is 4.79 Å². The number of esters is 1. The van der Waals surface area contributed by atoms with Gasteiger partial charge in [0.05, 0.1) is 31.9 Å². The molecule has 0 radical (unpaired) electrons. The Hall–Kier alpha value is -8.46. The molecule has 0 saturated carbocycles. The molecule has 4 heterocycles. The molecule has 0 spiro atoms. The van der Waals surface area contributed by atoms with Crippen molar-refractivity contribution in [2.75, 3.05) is 73.6 Å². The number of likely N-dealkylation sites (N-methyl/N-ethyl adjacent to an activating group) is 1. The number of carbonyl (C=O) groups excluding carboxylic acids is 8. The minimum absolute atomic E-state index is 0.0168. The number of allylic oxidation sites excluding steroid dienone is 3. The summed E-state index contributed by atoms with van der Waals surface area (Å²) in [6, 6.07) is 28.4. The fraction of sp³-hybridized carbons (Fsp3) is 0.537. The van der Waals surface area contributed by atoms with Crippen molar-refractivity contribution in [2.24, 2.45) is 17.8 Å². The molecule has 2 saturated heterocycles. The number of alkyl carbamates (subject to hydrolysis) is 1. The number of amides is 7. The molecule has 604 valence electrons. The normalized spacial score (nSPS) is 22.6. The summed E-state index contributed by atoms with van der Waals surface area (Å²) < 4.78 is 37.9. The third-order valence-electron chi connectivity index (χ3n) is 23.8. The number of carbonyl (C=O) groups is 8. The number of methoxy groups -OCH3 is 2. The molecule has 29 heteroatoms. The number of hydrazine groups is 1. The third-order valence-corrected chi connectivity index (χ3v) is 31.2. The number of ether oxygens (including phenoxy) is 6. The predicted molar refractivity (Wildman–Crippen MR) is 429 cm³/mol. The van der Waals surface area contributed by atoms with Crippen LogP contribution in [0.3, 0.4) is 0 Å². The van der Waals surface area contributed by atoms with Gasteiger partial charge in [-0.1, -0.05) is 137 Å². The maximum absolute atomic E-state index is 15.0. The van der Waals surface area contributed by atoms with Gasteiger partial charge in [-0.2, -0.15) is 0 Å². The smallest absolute Gasteiger partial charge is 0.424 e. The first-order chi connectivity index (χ1) is 52.0. The average molecular weight is 1590 g/mol. The van der Waals surface area contributed by atoms with Gasteiger partial charge in [-0.05, 0) is 134 Å². The molecule has 26 nitrogen and oxygen atoms in total. The van der Waals surface area contributed by atoms with Crippen LogP contribution >= 0.6 is 11.6 Å². The first-order valence-corrected chi connectivity index (χ1v) is 44.3. The fourth-order valence-electron chi connectivity index (χ4n) is 14.9. The highest BCUT2D eigenvalue weighted by molar-refractivity contribution is 6.73. The Labute approximate surface area is 659 Å². The summed E-state index contributed by atoms with van der Waals surface area (Å²) in [5, 5.41) is 26.0. The highest BCUT2D eigenvalue weighted by atomic mass is 35.5. The van der Waals surface area contributed by atoms with E-state index in [1.54, 1.807) is 83.4 Å². The van der Waals surface area contributed by atoms with Crippen LogP contribution in [0, 0.1) is 17.8 Å². The molecule has 4 aliphatic rings. The minimum atomic E-state index is -3.09. The second kappa shape index (κ2) is 35.3. The zero-order valence-corrected chi connectivity index (χ0v) is 70.2. The van der Waals surface area contributed by atoms with Gasteiger partial charge in [-0.3, -0.25) is 29.3 Å². The number of rotatable bonds is 28. The lowest BCUT2D eigenvalue weighted by molar-refractivity contribution is -0.162. The number of benzene rings is 4. The van der Waals surface area contributed by atoms with Crippen LogP contribution in [0.5, 0.6) is 5.75 Å². The van der Waals surface area contributed by atoms with Gasteiger partial charge in [0.15, 0.2) is 22.4 Å². The SMILES string of the molecule is COc1cc2cc(c1Cl)N(C)C(=O)C[C@H](OC(=O)[C@H](C)N(C)C(=O)CCNC(=O)[C@@H](CC(C)(C)[Si](C)(C)O)[C@@H](CC(C)(C)[Si](C)(C)O)C(=O)NCCNC(=O)CCn1c(CN(C)N(C)C(=O)OCC3c4ccccc4-c4ccccc43)cc3ccccc31)[C@]1(C)OC1[C@H](C)[C@@H]1C[C@@](O)(NC(=O)O1)[C@H](OC)/C=C/C=C(\C)C2. The number of hydrogen-bond donors (Lipinski definition) is 7. The highest BCUT2D eigenvalue weighted by Gasteiger charge is 2.65. The minimum Gasteiger partial charge on any atom is -0.495 e. The maximum Gasteiger partial charge on any atom is 0.424 e. The van der Waals surface area contributed by atoms with Crippen LogP contribution in [0.15, 0.2) is 115 Å². The van der Waals surface area contributed by atoms with Crippen molar-refractivity contribution >= 4 is 92.5 Å². The molecule has 4 aromatic carbocycles. The van der Waals surface area contributed by atoms with E-state index in [2.05, 4.69) is 45.5 Å². The standard InChI is InChI=1S/C82H114ClN9O17Si2/c1-50-26-25-33-67(105-14)82(101)47-66(107-77(99)87-82)51(2)73-81(8,109-73)68(44-71(95)90(11)64-41-53(40-50)42-65(104-13)72(64)83)108-76(98)52(3)89(10)70(94)34-36-85-74(96)60(45-79(4,5)110(15,16)102)61(46-80(6,7)111(17,18)103)75(97)86-38-37-84-69(93)35-39-92-55(43-54-27-19-24-32-63(54)92)48-88(9)91(12)78(100)106-49-62-58-30-22-20-28-56(58)57-29-21-23-31-59(57)62/h19-33,41-43,51-52,60-62,66-68,73,101-103H,34-40,44-49H2,1-18H3,(H,84,93)(H,85,96)(H,86,97)(H,87,99)/b33-25+,50-26+/t51-,52+,60+,61-,66+,67-,68+,73?,81+,82+/m1/s1. The van der Waals surface area contributed by atoms with Gasteiger partial charge in [-0.25, -0.2) is 24.4 Å². The Morgan fingerprint density at radius 1 is 0.820 bits per heavy atom. The maximum atomic E-state index is 15.0. The Morgan fingerprint density at radius 3 is 2.01 bits per heavy atom. The van der Waals surface area contributed by atoms with Crippen molar-refractivity contribution < 1.29 is 81.5 Å². The number of aromatic nitrogens is 1. The van der Waals surface area contributed by atoms with Crippen LogP contribution in [0.25, 0.3) is 22.0 Å². The van der Waals surface area contributed by atoms with E-state index in [1.165, 1.54) is 45.1 Å². The number of anilines is 1. The molecule has 10 atom stereocenters. The number of aliphatic hydroxyl groups is 1. The van der Waals surface area contributed by atoms with Crippen molar-refractivity contribution in [3.05, 3.63) is 142 Å². The summed E-state index contributed by atoms with van der Waals surface area (Å²) in [5.74, 6) is -6.01. The highest BCUT2D eigenvalue weighted by Crippen LogP contribution is 2.52. The van der Waals surface area contributed by atoms with E-state index < -0.39 is 134 Å². The van der Waals surface area contributed by atoms with Gasteiger partial charge < -0.3 is 73.4 Å².